The normalized spacial score (nSPS) is 18.0. The molecule has 0 radical (unpaired) electrons. The van der Waals surface area contributed by atoms with Crippen LogP contribution in [0.4, 0.5) is 5.13 Å². The predicted octanol–water partition coefficient (Wildman–Crippen LogP) is 3.89. The Labute approximate surface area is 203 Å². The van der Waals surface area contributed by atoms with Gasteiger partial charge in [0.25, 0.3) is 5.91 Å². The van der Waals surface area contributed by atoms with Crippen molar-refractivity contribution in [2.45, 2.75) is 61.7 Å². The Kier molecular flexibility index (Phi) is 7.49. The van der Waals surface area contributed by atoms with Gasteiger partial charge in [-0.05, 0) is 49.3 Å². The van der Waals surface area contributed by atoms with Gasteiger partial charge in [0, 0.05) is 17.9 Å². The van der Waals surface area contributed by atoms with Gasteiger partial charge in [-0.3, -0.25) is 14.9 Å². The lowest BCUT2D eigenvalue weighted by atomic mass is 9.98. The highest BCUT2D eigenvalue weighted by molar-refractivity contribution is 7.92. The van der Waals surface area contributed by atoms with E-state index >= 15 is 0 Å². The molecule has 2 aliphatic carbocycles. The van der Waals surface area contributed by atoms with Crippen LogP contribution >= 0.6 is 11.3 Å². The highest BCUT2D eigenvalue weighted by Crippen LogP contribution is 2.35. The van der Waals surface area contributed by atoms with Crippen LogP contribution in [0, 0.1) is 5.92 Å². The summed E-state index contributed by atoms with van der Waals surface area (Å²) in [7, 11) is -3.30. The van der Waals surface area contributed by atoms with Crippen LogP contribution < -0.4 is 5.32 Å². The zero-order chi connectivity index (χ0) is 24.3. The van der Waals surface area contributed by atoms with Gasteiger partial charge in [0.1, 0.15) is 12.7 Å². The van der Waals surface area contributed by atoms with Crippen LogP contribution in [-0.2, 0) is 24.2 Å². The number of benzene rings is 1. The number of carbonyl (C=O) groups excluding carboxylic acids is 2. The van der Waals surface area contributed by atoms with Crippen LogP contribution in [-0.4, -0.2) is 42.2 Å². The number of sulfone groups is 1. The van der Waals surface area contributed by atoms with Crippen molar-refractivity contribution >= 4 is 43.8 Å². The second-order valence-electron chi connectivity index (χ2n) is 8.74. The van der Waals surface area contributed by atoms with Gasteiger partial charge in [-0.25, -0.2) is 13.4 Å². The average Bonchev–Trinajstić information content (AvgIpc) is 3.37. The lowest BCUT2D eigenvalue weighted by Crippen LogP contribution is -2.15. The molecule has 0 spiro atoms. The second kappa shape index (κ2) is 10.4. The molecular weight excluding hydrogens is 476 g/mol. The first-order valence-electron chi connectivity index (χ1n) is 11.4. The third kappa shape index (κ3) is 5.92. The molecule has 1 heterocycles. The van der Waals surface area contributed by atoms with Crippen molar-refractivity contribution in [3.8, 4) is 0 Å². The lowest BCUT2D eigenvalue weighted by molar-refractivity contribution is -0.144. The minimum absolute atomic E-state index is 0.213. The van der Waals surface area contributed by atoms with Crippen molar-refractivity contribution in [1.29, 1.82) is 0 Å². The molecule has 0 bridgehead atoms. The topological polar surface area (TPSA) is 123 Å². The summed E-state index contributed by atoms with van der Waals surface area (Å²) in [6.07, 6.45) is 6.53. The van der Waals surface area contributed by atoms with Crippen molar-refractivity contribution in [3.05, 3.63) is 47.0 Å². The number of rotatable bonds is 9. The van der Waals surface area contributed by atoms with E-state index in [1.54, 1.807) is 29.6 Å². The van der Waals surface area contributed by atoms with Crippen LogP contribution in [0.2, 0.25) is 0 Å². The summed E-state index contributed by atoms with van der Waals surface area (Å²) in [6.45, 7) is 1.04. The summed E-state index contributed by atoms with van der Waals surface area (Å²) in [4.78, 5) is 28.7. The summed E-state index contributed by atoms with van der Waals surface area (Å²) >= 11 is 1.16. The molecule has 1 aromatic carbocycles. The summed E-state index contributed by atoms with van der Waals surface area (Å²) in [6, 6.07) is 6.52. The second-order valence-corrected chi connectivity index (χ2v) is 11.8. The van der Waals surface area contributed by atoms with Crippen molar-refractivity contribution in [1.82, 2.24) is 4.98 Å². The summed E-state index contributed by atoms with van der Waals surface area (Å²) in [5.74, 6) is -0.562. The fourth-order valence-electron chi connectivity index (χ4n) is 4.00. The van der Waals surface area contributed by atoms with E-state index in [2.05, 4.69) is 10.3 Å². The number of hydrogen-bond donors (Lipinski definition) is 2. The Morgan fingerprint density at radius 3 is 2.50 bits per heavy atom. The van der Waals surface area contributed by atoms with Gasteiger partial charge in [-0.15, -0.1) is 11.3 Å². The fraction of sp³-hybridized carbons (Fsp3) is 0.458. The van der Waals surface area contributed by atoms with E-state index in [1.165, 1.54) is 6.92 Å². The molecule has 2 saturated carbocycles. The van der Waals surface area contributed by atoms with Gasteiger partial charge in [0.05, 0.1) is 15.8 Å². The van der Waals surface area contributed by atoms with E-state index < -0.39 is 21.9 Å². The number of esters is 1. The fourth-order valence-corrected chi connectivity index (χ4v) is 6.41. The number of aromatic nitrogens is 1. The smallest absolute Gasteiger partial charge is 0.302 e. The van der Waals surface area contributed by atoms with E-state index in [1.807, 2.05) is 6.08 Å². The first-order valence-corrected chi connectivity index (χ1v) is 13.8. The maximum atomic E-state index is 13.2. The quantitative estimate of drug-likeness (QED) is 0.392. The number of ether oxygens (including phenoxy) is 1. The van der Waals surface area contributed by atoms with Crippen molar-refractivity contribution in [2.75, 3.05) is 11.9 Å². The van der Waals surface area contributed by atoms with Crippen LogP contribution in [0.3, 0.4) is 0 Å². The molecule has 4 rings (SSSR count). The van der Waals surface area contributed by atoms with Crippen molar-refractivity contribution in [3.63, 3.8) is 0 Å². The van der Waals surface area contributed by atoms with E-state index in [0.717, 1.165) is 37.0 Å². The largest absolute Gasteiger partial charge is 0.463 e. The maximum Gasteiger partial charge on any atom is 0.302 e. The number of amides is 1. The number of hydrogen-bond acceptors (Lipinski definition) is 8. The van der Waals surface area contributed by atoms with Crippen molar-refractivity contribution < 1.29 is 27.9 Å². The molecule has 8 nitrogen and oxygen atoms in total. The molecule has 1 aromatic heterocycles. The molecule has 2 N–H and O–H groups in total. The predicted molar refractivity (Wildman–Crippen MR) is 129 cm³/mol. The molecule has 182 valence electrons. The Bertz CT molecular complexity index is 1180. The van der Waals surface area contributed by atoms with Crippen LogP contribution in [0.25, 0.3) is 5.57 Å². The summed E-state index contributed by atoms with van der Waals surface area (Å²) in [5.41, 5.74) is 1.42. The highest BCUT2D eigenvalue weighted by atomic mass is 32.2. The van der Waals surface area contributed by atoms with Gasteiger partial charge in [-0.2, -0.15) is 0 Å². The minimum atomic E-state index is -3.30. The number of thiazole rings is 1. The van der Waals surface area contributed by atoms with E-state index in [4.69, 9.17) is 4.74 Å². The van der Waals surface area contributed by atoms with E-state index in [9.17, 15) is 23.1 Å². The molecule has 0 saturated heterocycles. The first kappa shape index (κ1) is 24.6. The van der Waals surface area contributed by atoms with Crippen LogP contribution in [0.1, 0.15) is 62.8 Å². The van der Waals surface area contributed by atoms with Gasteiger partial charge in [-0.1, -0.05) is 31.1 Å². The molecule has 0 aliphatic heterocycles. The molecule has 10 heteroatoms. The number of nitrogens with one attached hydrogen (secondary N) is 1. The van der Waals surface area contributed by atoms with E-state index in [-0.39, 0.29) is 28.6 Å². The number of anilines is 1. The number of nitrogens with zero attached hydrogens (tertiary/aromatic N) is 1. The Balaban J connectivity index is 1.52. The van der Waals surface area contributed by atoms with Crippen LogP contribution in [0.5, 0.6) is 0 Å². The number of allylic oxidation sites excluding steroid dienone is 1. The van der Waals surface area contributed by atoms with Gasteiger partial charge in [0.2, 0.25) is 0 Å². The van der Waals surface area contributed by atoms with Gasteiger partial charge < -0.3 is 9.84 Å². The number of aliphatic hydroxyl groups excluding tert-OH is 1. The molecule has 2 aliphatic rings. The third-order valence-corrected chi connectivity index (χ3v) is 9.09. The zero-order valence-electron chi connectivity index (χ0n) is 18.9. The van der Waals surface area contributed by atoms with E-state index in [0.29, 0.717) is 34.8 Å². The minimum Gasteiger partial charge on any atom is -0.463 e. The monoisotopic (exact) mass is 504 g/mol. The SMILES string of the molecule is CC(=O)OCC(O)c1csc(NC(=O)/C(=C/C2CCCC2)c2ccc(S(=O)(=O)C3CC3)cc2)n1. The summed E-state index contributed by atoms with van der Waals surface area (Å²) in [5, 5.41) is 14.5. The first-order chi connectivity index (χ1) is 16.2. The molecule has 1 amide bonds. The average molecular weight is 505 g/mol. The highest BCUT2D eigenvalue weighted by Gasteiger charge is 2.36. The van der Waals surface area contributed by atoms with Gasteiger partial charge >= 0.3 is 5.97 Å². The van der Waals surface area contributed by atoms with Crippen molar-refractivity contribution in [2.24, 2.45) is 5.92 Å². The Morgan fingerprint density at radius 2 is 1.88 bits per heavy atom. The van der Waals surface area contributed by atoms with Gasteiger partial charge in [0.15, 0.2) is 15.0 Å². The third-order valence-electron chi connectivity index (χ3n) is 6.03. The zero-order valence-corrected chi connectivity index (χ0v) is 20.5. The molecule has 2 aromatic rings. The Morgan fingerprint density at radius 1 is 1.21 bits per heavy atom. The van der Waals surface area contributed by atoms with Crippen LogP contribution in [0.15, 0.2) is 40.6 Å². The molecule has 1 atom stereocenters. The Hall–Kier alpha value is -2.56. The lowest BCUT2D eigenvalue weighted by Gasteiger charge is -2.12. The molecule has 1 unspecified atom stereocenters. The maximum absolute atomic E-state index is 13.2. The molecule has 2 fully saturated rings. The standard InChI is InChI=1S/C24H28N2O6S2/c1-15(27)32-13-22(28)21-14-33-24(25-21)26-23(29)20(12-16-4-2-3-5-16)17-6-8-18(9-7-17)34(30,31)19-10-11-19/h6-9,12,14,16,19,22,28H,2-5,10-11,13H2,1H3,(H,25,26,29)/b20-12+. The number of aliphatic hydroxyl groups is 1. The molecule has 34 heavy (non-hydrogen) atoms. The molecular formula is C24H28N2O6S2. The number of carbonyl (C=O) groups is 2. The summed E-state index contributed by atoms with van der Waals surface area (Å²) < 4.78 is 29.9.